The fourth-order valence-electron chi connectivity index (χ4n) is 7.45. The van der Waals surface area contributed by atoms with Gasteiger partial charge in [-0.05, 0) is 89.4 Å². The summed E-state index contributed by atoms with van der Waals surface area (Å²) in [5.74, 6) is -2.38. The molecule has 2 saturated carbocycles. The molecule has 0 aromatic rings. The Morgan fingerprint density at radius 3 is 2.47 bits per heavy atom. The van der Waals surface area contributed by atoms with E-state index >= 15 is 0 Å². The standard InChI is InChI=1S/C32H50O6/c1-10-20(4)27(33)29(35)37-26-15-17-30(8)24(18-32(36)28(34)22(6)23(7)38-32)21(5)13-14-25(30)31(26,9)16-11-12-19(2)3/h12,20,24-27,33,36H,5,10-11,13-18H2,1-4,6-9H3/t20-,24+,25+,26-,27+,30+,31-,32?/m0/s1. The van der Waals surface area contributed by atoms with E-state index in [1.54, 1.807) is 13.8 Å². The van der Waals surface area contributed by atoms with Crippen molar-refractivity contribution < 1.29 is 29.3 Å². The van der Waals surface area contributed by atoms with E-state index in [1.807, 2.05) is 13.8 Å². The molecule has 0 radical (unpaired) electrons. The van der Waals surface area contributed by atoms with Crippen LogP contribution >= 0.6 is 0 Å². The maximum absolute atomic E-state index is 13.0. The first-order valence-electron chi connectivity index (χ1n) is 14.4. The van der Waals surface area contributed by atoms with Gasteiger partial charge < -0.3 is 19.7 Å². The number of aliphatic hydroxyl groups excluding tert-OH is 1. The summed E-state index contributed by atoms with van der Waals surface area (Å²) in [7, 11) is 0. The molecule has 1 heterocycles. The second-order valence-corrected chi connectivity index (χ2v) is 13.0. The smallest absolute Gasteiger partial charge is 0.335 e. The quantitative estimate of drug-likeness (QED) is 0.264. The van der Waals surface area contributed by atoms with Crippen LogP contribution in [-0.2, 0) is 19.1 Å². The molecule has 0 spiro atoms. The largest absolute Gasteiger partial charge is 0.460 e. The third-order valence-electron chi connectivity index (χ3n) is 10.3. The monoisotopic (exact) mass is 530 g/mol. The van der Waals surface area contributed by atoms with Crippen LogP contribution in [0.15, 0.2) is 35.1 Å². The molecule has 0 aromatic carbocycles. The van der Waals surface area contributed by atoms with E-state index in [4.69, 9.17) is 9.47 Å². The molecule has 0 saturated heterocycles. The molecule has 0 aromatic heterocycles. The average Bonchev–Trinajstić information content (AvgIpc) is 3.04. The van der Waals surface area contributed by atoms with E-state index in [0.717, 1.165) is 37.7 Å². The number of ether oxygens (including phenoxy) is 2. The van der Waals surface area contributed by atoms with Gasteiger partial charge in [-0.1, -0.05) is 57.9 Å². The van der Waals surface area contributed by atoms with Crippen LogP contribution < -0.4 is 0 Å². The zero-order valence-corrected chi connectivity index (χ0v) is 24.9. The van der Waals surface area contributed by atoms with Crippen LogP contribution in [0.1, 0.15) is 107 Å². The van der Waals surface area contributed by atoms with Gasteiger partial charge in [-0.3, -0.25) is 4.79 Å². The molecule has 0 amide bonds. The van der Waals surface area contributed by atoms with Gasteiger partial charge in [0.2, 0.25) is 5.78 Å². The van der Waals surface area contributed by atoms with Gasteiger partial charge in [0.25, 0.3) is 5.79 Å². The Morgan fingerprint density at radius 1 is 1.26 bits per heavy atom. The fraction of sp³-hybridized carbons (Fsp3) is 0.750. The lowest BCUT2D eigenvalue weighted by atomic mass is 9.45. The van der Waals surface area contributed by atoms with Gasteiger partial charge in [0, 0.05) is 17.4 Å². The molecule has 1 unspecified atom stereocenters. The van der Waals surface area contributed by atoms with Gasteiger partial charge in [0.05, 0.1) is 0 Å². The highest BCUT2D eigenvalue weighted by molar-refractivity contribution is 6.02. The molecule has 2 fully saturated rings. The van der Waals surface area contributed by atoms with Gasteiger partial charge >= 0.3 is 5.97 Å². The van der Waals surface area contributed by atoms with Crippen LogP contribution in [-0.4, -0.2) is 40.0 Å². The van der Waals surface area contributed by atoms with Crippen molar-refractivity contribution in [3.63, 3.8) is 0 Å². The molecule has 3 aliphatic rings. The Hall–Kier alpha value is -1.92. The molecule has 0 bridgehead atoms. The van der Waals surface area contributed by atoms with Gasteiger partial charge in [0.1, 0.15) is 11.9 Å². The summed E-state index contributed by atoms with van der Waals surface area (Å²) in [6.07, 6.45) is 6.48. The zero-order chi connectivity index (χ0) is 28.6. The van der Waals surface area contributed by atoms with Crippen molar-refractivity contribution in [2.45, 2.75) is 125 Å². The van der Waals surface area contributed by atoms with Crippen LogP contribution in [0.5, 0.6) is 0 Å². The zero-order valence-electron chi connectivity index (χ0n) is 24.9. The lowest BCUT2D eigenvalue weighted by Gasteiger charge is -2.61. The van der Waals surface area contributed by atoms with E-state index in [-0.39, 0.29) is 46.9 Å². The number of aliphatic hydroxyl groups is 2. The molecule has 2 aliphatic carbocycles. The van der Waals surface area contributed by atoms with Crippen LogP contribution in [0.4, 0.5) is 0 Å². The maximum atomic E-state index is 13.0. The van der Waals surface area contributed by atoms with Crippen LogP contribution in [0.2, 0.25) is 0 Å². The number of allylic oxidation sites excluding steroid dienone is 4. The van der Waals surface area contributed by atoms with E-state index in [0.29, 0.717) is 24.2 Å². The average molecular weight is 531 g/mol. The van der Waals surface area contributed by atoms with Crippen molar-refractivity contribution in [2.24, 2.45) is 28.6 Å². The van der Waals surface area contributed by atoms with Crippen molar-refractivity contribution >= 4 is 11.8 Å². The highest BCUT2D eigenvalue weighted by Gasteiger charge is 2.61. The lowest BCUT2D eigenvalue weighted by molar-refractivity contribution is -0.205. The number of carbonyl (C=O) groups is 2. The van der Waals surface area contributed by atoms with Gasteiger partial charge in [-0.15, -0.1) is 0 Å². The molecular weight excluding hydrogens is 480 g/mol. The first-order chi connectivity index (χ1) is 17.6. The Kier molecular flexibility index (Phi) is 9.10. The van der Waals surface area contributed by atoms with Crippen LogP contribution in [0, 0.1) is 28.6 Å². The molecule has 214 valence electrons. The SMILES string of the molecule is C=C1CC[C@H]2[C@](C)(CCC=C(C)C)[C@@H](OC(=O)[C@H](O)[C@@H](C)CC)CC[C@]2(C)[C@@H]1CC1(O)OC(C)=C(C)C1=O. The van der Waals surface area contributed by atoms with Crippen molar-refractivity contribution in [2.75, 3.05) is 0 Å². The predicted octanol–water partition coefficient (Wildman–Crippen LogP) is 6.41. The molecule has 1 aliphatic heterocycles. The minimum atomic E-state index is -1.87. The summed E-state index contributed by atoms with van der Waals surface area (Å²) in [6, 6.07) is 0. The van der Waals surface area contributed by atoms with Crippen LogP contribution in [0.25, 0.3) is 0 Å². The number of Topliss-reactive ketones (excluding diaryl/α,β-unsaturated/α-hetero) is 1. The van der Waals surface area contributed by atoms with E-state index in [1.165, 1.54) is 5.57 Å². The van der Waals surface area contributed by atoms with Gasteiger partial charge in [0.15, 0.2) is 6.10 Å². The van der Waals surface area contributed by atoms with Crippen molar-refractivity contribution in [3.05, 3.63) is 35.1 Å². The summed E-state index contributed by atoms with van der Waals surface area (Å²) in [4.78, 5) is 26.0. The highest BCUT2D eigenvalue weighted by Crippen LogP contribution is 2.64. The molecular formula is C32H50O6. The predicted molar refractivity (Wildman–Crippen MR) is 149 cm³/mol. The van der Waals surface area contributed by atoms with Gasteiger partial charge in [-0.2, -0.15) is 0 Å². The third kappa shape index (κ3) is 5.54. The second-order valence-electron chi connectivity index (χ2n) is 13.0. The Balaban J connectivity index is 1.95. The van der Waals surface area contributed by atoms with Crippen molar-refractivity contribution in [3.8, 4) is 0 Å². The molecule has 6 nitrogen and oxygen atoms in total. The minimum absolute atomic E-state index is 0.112. The molecule has 2 N–H and O–H groups in total. The summed E-state index contributed by atoms with van der Waals surface area (Å²) in [6.45, 7) is 20.3. The molecule has 3 rings (SSSR count). The third-order valence-corrected chi connectivity index (χ3v) is 10.3. The highest BCUT2D eigenvalue weighted by atomic mass is 16.6. The molecule has 6 heteroatoms. The number of carbonyl (C=O) groups excluding carboxylic acids is 2. The van der Waals surface area contributed by atoms with E-state index < -0.39 is 17.9 Å². The second kappa shape index (κ2) is 11.3. The van der Waals surface area contributed by atoms with E-state index in [2.05, 4.69) is 40.3 Å². The van der Waals surface area contributed by atoms with Gasteiger partial charge in [-0.25, -0.2) is 4.79 Å². The normalized spacial score (nSPS) is 36.8. The number of esters is 1. The Labute approximate surface area is 229 Å². The summed E-state index contributed by atoms with van der Waals surface area (Å²) in [5, 5.41) is 21.9. The Morgan fingerprint density at radius 2 is 1.92 bits per heavy atom. The summed E-state index contributed by atoms with van der Waals surface area (Å²) >= 11 is 0. The first kappa shape index (κ1) is 30.6. The number of hydrogen-bond donors (Lipinski definition) is 2. The van der Waals surface area contributed by atoms with Crippen molar-refractivity contribution in [1.29, 1.82) is 0 Å². The fourth-order valence-corrected chi connectivity index (χ4v) is 7.45. The van der Waals surface area contributed by atoms with E-state index in [9.17, 15) is 19.8 Å². The Bertz CT molecular complexity index is 1010. The van der Waals surface area contributed by atoms with Crippen molar-refractivity contribution in [1.82, 2.24) is 0 Å². The first-order valence-corrected chi connectivity index (χ1v) is 14.4. The summed E-state index contributed by atoms with van der Waals surface area (Å²) in [5.41, 5.74) is 2.18. The lowest BCUT2D eigenvalue weighted by Crippen LogP contribution is -2.58. The van der Waals surface area contributed by atoms with Crippen LogP contribution in [0.3, 0.4) is 0 Å². The number of fused-ring (bicyclic) bond motifs is 1. The number of hydrogen-bond acceptors (Lipinski definition) is 6. The molecule has 38 heavy (non-hydrogen) atoms. The maximum Gasteiger partial charge on any atom is 0.335 e. The number of ketones is 1. The summed E-state index contributed by atoms with van der Waals surface area (Å²) < 4.78 is 11.9. The molecule has 8 atom stereocenters. The minimum Gasteiger partial charge on any atom is -0.460 e. The number of rotatable bonds is 9. The topological polar surface area (TPSA) is 93.1 Å².